The zero-order chi connectivity index (χ0) is 31.5. The molecule has 0 radical (unpaired) electrons. The van der Waals surface area contributed by atoms with Crippen molar-refractivity contribution in [2.24, 2.45) is 5.10 Å². The van der Waals surface area contributed by atoms with Crippen LogP contribution in [-0.4, -0.2) is 40.3 Å². The van der Waals surface area contributed by atoms with Gasteiger partial charge in [0.2, 0.25) is 0 Å². The molecule has 0 atom stereocenters. The van der Waals surface area contributed by atoms with Crippen molar-refractivity contribution >= 4 is 39.4 Å². The summed E-state index contributed by atoms with van der Waals surface area (Å²) in [5.74, 6) is 1.03. The monoisotopic (exact) mass is 635 g/mol. The van der Waals surface area contributed by atoms with Gasteiger partial charge in [-0.25, -0.2) is 13.8 Å². The molecular weight excluding hydrogens is 602 g/mol. The van der Waals surface area contributed by atoms with Crippen molar-refractivity contribution in [1.82, 2.24) is 5.43 Å². The second kappa shape index (κ2) is 15.3. The maximum absolute atomic E-state index is 13.6. The minimum Gasteiger partial charge on any atom is -0.494 e. The molecule has 0 bridgehead atoms. The Kier molecular flexibility index (Phi) is 11.2. The van der Waals surface area contributed by atoms with Crippen LogP contribution in [-0.2, 0) is 21.4 Å². The molecule has 1 amide bonds. The van der Waals surface area contributed by atoms with Gasteiger partial charge >= 0.3 is 0 Å². The smallest absolute Gasteiger partial charge is 0.264 e. The van der Waals surface area contributed by atoms with Gasteiger partial charge in [-0.2, -0.15) is 5.10 Å². The van der Waals surface area contributed by atoms with E-state index in [1.807, 2.05) is 32.9 Å². The summed E-state index contributed by atoms with van der Waals surface area (Å²) in [5, 5.41) is 4.70. The van der Waals surface area contributed by atoms with Crippen LogP contribution in [0.15, 0.2) is 101 Å². The predicted molar refractivity (Wildman–Crippen MR) is 172 cm³/mol. The summed E-state index contributed by atoms with van der Waals surface area (Å²) in [7, 11) is -4.07. The van der Waals surface area contributed by atoms with Crippen LogP contribution in [0, 0.1) is 6.92 Å². The molecule has 4 aromatic rings. The Morgan fingerprint density at radius 3 is 2.20 bits per heavy atom. The maximum atomic E-state index is 13.6. The quantitative estimate of drug-likeness (QED) is 0.127. The molecule has 0 fully saturated rings. The molecule has 4 rings (SSSR count). The van der Waals surface area contributed by atoms with Crippen LogP contribution < -0.4 is 23.9 Å². The molecular formula is C33H34ClN3O6S. The Balaban J connectivity index is 1.47. The van der Waals surface area contributed by atoms with Crippen LogP contribution in [0.1, 0.15) is 30.5 Å². The Morgan fingerprint density at radius 1 is 0.864 bits per heavy atom. The van der Waals surface area contributed by atoms with E-state index in [1.54, 1.807) is 66.7 Å². The van der Waals surface area contributed by atoms with Crippen molar-refractivity contribution in [1.29, 1.82) is 0 Å². The van der Waals surface area contributed by atoms with Crippen molar-refractivity contribution in [2.75, 3.05) is 24.1 Å². The normalized spacial score (nSPS) is 11.3. The molecule has 230 valence electrons. The SMILES string of the molecule is CCOc1ccc(N(CC(=O)N/N=C\c2ccc(OCc3ccc(Cl)cc3)c(OCC)c2)S(=O)(=O)c2ccc(C)cc2)cc1. The van der Waals surface area contributed by atoms with Crippen molar-refractivity contribution in [3.8, 4) is 17.2 Å². The number of rotatable bonds is 14. The van der Waals surface area contributed by atoms with Gasteiger partial charge in [-0.1, -0.05) is 41.4 Å². The minimum atomic E-state index is -4.07. The van der Waals surface area contributed by atoms with Gasteiger partial charge in [-0.05, 0) is 98.6 Å². The second-order valence-corrected chi connectivity index (χ2v) is 11.9. The number of ether oxygens (including phenoxy) is 3. The highest BCUT2D eigenvalue weighted by molar-refractivity contribution is 7.92. The van der Waals surface area contributed by atoms with Crippen LogP contribution in [0.4, 0.5) is 5.69 Å². The molecule has 9 nitrogen and oxygen atoms in total. The number of benzene rings is 4. The fourth-order valence-electron chi connectivity index (χ4n) is 4.11. The Morgan fingerprint density at radius 2 is 1.55 bits per heavy atom. The molecule has 0 spiro atoms. The molecule has 0 heterocycles. The number of anilines is 1. The molecule has 0 saturated carbocycles. The van der Waals surface area contributed by atoms with Crippen LogP contribution in [0.3, 0.4) is 0 Å². The summed E-state index contributed by atoms with van der Waals surface area (Å²) < 4.78 is 45.5. The van der Waals surface area contributed by atoms with E-state index in [2.05, 4.69) is 10.5 Å². The van der Waals surface area contributed by atoms with Crippen LogP contribution in [0.5, 0.6) is 17.2 Å². The first kappa shape index (κ1) is 32.4. The predicted octanol–water partition coefficient (Wildman–Crippen LogP) is 6.37. The summed E-state index contributed by atoms with van der Waals surface area (Å²) in [6.45, 7) is 6.31. The minimum absolute atomic E-state index is 0.0649. The lowest BCUT2D eigenvalue weighted by atomic mass is 10.2. The topological polar surface area (TPSA) is 107 Å². The third-order valence-corrected chi connectivity index (χ3v) is 8.35. The molecule has 0 unspecified atom stereocenters. The van der Waals surface area contributed by atoms with Gasteiger partial charge in [-0.3, -0.25) is 9.10 Å². The van der Waals surface area contributed by atoms with Gasteiger partial charge in [-0.15, -0.1) is 0 Å². The number of aryl methyl sites for hydroxylation is 1. The van der Waals surface area contributed by atoms with Crippen LogP contribution >= 0.6 is 11.6 Å². The summed E-state index contributed by atoms with van der Waals surface area (Å²) >= 11 is 5.96. The first-order valence-corrected chi connectivity index (χ1v) is 15.8. The lowest BCUT2D eigenvalue weighted by Gasteiger charge is -2.24. The summed E-state index contributed by atoms with van der Waals surface area (Å²) in [5.41, 5.74) is 5.25. The van der Waals surface area contributed by atoms with Crippen molar-refractivity contribution in [3.05, 3.63) is 113 Å². The number of amides is 1. The number of hydrogen-bond acceptors (Lipinski definition) is 7. The summed E-state index contributed by atoms with van der Waals surface area (Å²) in [4.78, 5) is 13.0. The van der Waals surface area contributed by atoms with Gasteiger partial charge < -0.3 is 14.2 Å². The van der Waals surface area contributed by atoms with Crippen molar-refractivity contribution in [2.45, 2.75) is 32.3 Å². The number of carbonyl (C=O) groups is 1. The average Bonchev–Trinajstić information content (AvgIpc) is 3.01. The highest BCUT2D eigenvalue weighted by atomic mass is 35.5. The fourth-order valence-corrected chi connectivity index (χ4v) is 5.65. The number of carbonyl (C=O) groups excluding carboxylic acids is 1. The zero-order valence-corrected chi connectivity index (χ0v) is 26.3. The van der Waals surface area contributed by atoms with Crippen LogP contribution in [0.2, 0.25) is 5.02 Å². The summed E-state index contributed by atoms with van der Waals surface area (Å²) in [6, 6.07) is 25.6. The highest BCUT2D eigenvalue weighted by Crippen LogP contribution is 2.29. The van der Waals surface area contributed by atoms with E-state index in [-0.39, 0.29) is 4.90 Å². The highest BCUT2D eigenvalue weighted by Gasteiger charge is 2.27. The molecule has 0 aliphatic rings. The lowest BCUT2D eigenvalue weighted by Crippen LogP contribution is -2.39. The van der Waals surface area contributed by atoms with E-state index < -0.39 is 22.5 Å². The largest absolute Gasteiger partial charge is 0.494 e. The Hall–Kier alpha value is -4.54. The number of hydrogen-bond donors (Lipinski definition) is 1. The van der Waals surface area contributed by atoms with Gasteiger partial charge in [0.15, 0.2) is 11.5 Å². The third-order valence-electron chi connectivity index (χ3n) is 6.31. The molecule has 44 heavy (non-hydrogen) atoms. The standard InChI is InChI=1S/C33H34ClN3O6S/c1-4-41-29-15-13-28(14-16-29)37(44(39,40)30-17-6-24(3)7-18-30)22-33(38)36-35-21-26-10-19-31(32(20-26)42-5-2)43-23-25-8-11-27(34)12-9-25/h6-21H,4-5,22-23H2,1-3H3,(H,36,38)/b35-21-. The van der Waals surface area contributed by atoms with Crippen LogP contribution in [0.25, 0.3) is 0 Å². The number of nitrogens with one attached hydrogen (secondary N) is 1. The summed E-state index contributed by atoms with van der Waals surface area (Å²) in [6.07, 6.45) is 1.44. The van der Waals surface area contributed by atoms with Gasteiger partial charge in [0.05, 0.1) is 30.0 Å². The fraction of sp³-hybridized carbons (Fsp3) is 0.212. The Labute approximate surface area is 263 Å². The van der Waals surface area contributed by atoms with Crippen molar-refractivity contribution < 1.29 is 27.4 Å². The molecule has 1 N–H and O–H groups in total. The van der Waals surface area contributed by atoms with E-state index in [9.17, 15) is 13.2 Å². The first-order chi connectivity index (χ1) is 21.2. The lowest BCUT2D eigenvalue weighted by molar-refractivity contribution is -0.119. The zero-order valence-electron chi connectivity index (χ0n) is 24.7. The molecule has 0 aliphatic carbocycles. The average molecular weight is 636 g/mol. The molecule has 11 heteroatoms. The number of nitrogens with zero attached hydrogens (tertiary/aromatic N) is 2. The first-order valence-electron chi connectivity index (χ1n) is 14.0. The number of halogens is 1. The van der Waals surface area contributed by atoms with Gasteiger partial charge in [0.25, 0.3) is 15.9 Å². The van der Waals surface area contributed by atoms with E-state index in [1.165, 1.54) is 18.3 Å². The molecule has 4 aromatic carbocycles. The van der Waals surface area contributed by atoms with Gasteiger partial charge in [0, 0.05) is 5.02 Å². The third kappa shape index (κ3) is 8.75. The molecule has 0 aromatic heterocycles. The van der Waals surface area contributed by atoms with E-state index >= 15 is 0 Å². The van der Waals surface area contributed by atoms with E-state index in [0.717, 1.165) is 15.4 Å². The van der Waals surface area contributed by atoms with E-state index in [4.69, 9.17) is 25.8 Å². The second-order valence-electron chi connectivity index (χ2n) is 9.60. The van der Waals surface area contributed by atoms with Crippen molar-refractivity contribution in [3.63, 3.8) is 0 Å². The van der Waals surface area contributed by atoms with E-state index in [0.29, 0.717) is 53.3 Å². The molecule has 0 saturated heterocycles. The Bertz CT molecular complexity index is 1680. The number of sulfonamides is 1. The van der Waals surface area contributed by atoms with Gasteiger partial charge in [0.1, 0.15) is 18.9 Å². The maximum Gasteiger partial charge on any atom is 0.264 e. The molecule has 0 aliphatic heterocycles. The number of hydrazone groups is 1.